The molecule has 4 heteroatoms. The van der Waals surface area contributed by atoms with E-state index in [2.05, 4.69) is 34.2 Å². The van der Waals surface area contributed by atoms with Gasteiger partial charge in [0.05, 0.1) is 12.7 Å². The molecule has 18 heavy (non-hydrogen) atoms. The van der Waals surface area contributed by atoms with E-state index in [1.807, 2.05) is 33.0 Å². The van der Waals surface area contributed by atoms with E-state index in [4.69, 9.17) is 9.47 Å². The zero-order valence-corrected chi connectivity index (χ0v) is 13.1. The minimum absolute atomic E-state index is 0.249. The molecule has 0 aromatic heterocycles. The van der Waals surface area contributed by atoms with Gasteiger partial charge in [0.1, 0.15) is 12.4 Å². The highest BCUT2D eigenvalue weighted by molar-refractivity contribution is 9.10. The van der Waals surface area contributed by atoms with Crippen LogP contribution in [0.2, 0.25) is 0 Å². The second-order valence-electron chi connectivity index (χ2n) is 4.46. The quantitative estimate of drug-likeness (QED) is 0.781. The summed E-state index contributed by atoms with van der Waals surface area (Å²) < 4.78 is 12.1. The first kappa shape index (κ1) is 15.5. The summed E-state index contributed by atoms with van der Waals surface area (Å²) in [6.45, 7) is 7.35. The van der Waals surface area contributed by atoms with Crippen LogP contribution in [0.15, 0.2) is 22.7 Å². The van der Waals surface area contributed by atoms with Crippen LogP contribution in [0.3, 0.4) is 0 Å². The molecule has 1 aromatic carbocycles. The van der Waals surface area contributed by atoms with Gasteiger partial charge in [0.25, 0.3) is 0 Å². The molecule has 1 aromatic rings. The number of hydrogen-bond donors (Lipinski definition) is 1. The smallest absolute Gasteiger partial charge is 0.120 e. The van der Waals surface area contributed by atoms with E-state index in [0.717, 1.165) is 10.2 Å². The largest absolute Gasteiger partial charge is 0.491 e. The van der Waals surface area contributed by atoms with Crippen LogP contribution in [-0.4, -0.2) is 26.4 Å². The Morgan fingerprint density at radius 2 is 1.94 bits per heavy atom. The number of nitrogens with one attached hydrogen (secondary N) is 1. The van der Waals surface area contributed by atoms with Crippen molar-refractivity contribution < 1.29 is 9.47 Å². The minimum Gasteiger partial charge on any atom is -0.491 e. The summed E-state index contributed by atoms with van der Waals surface area (Å²) in [6, 6.07) is 6.38. The zero-order valence-electron chi connectivity index (χ0n) is 11.5. The third kappa shape index (κ3) is 4.96. The first-order chi connectivity index (χ1) is 8.54. The van der Waals surface area contributed by atoms with Gasteiger partial charge in [-0.3, -0.25) is 0 Å². The zero-order chi connectivity index (χ0) is 13.5. The van der Waals surface area contributed by atoms with E-state index in [9.17, 15) is 0 Å². The molecule has 0 amide bonds. The summed E-state index contributed by atoms with van der Waals surface area (Å²) in [5.41, 5.74) is 1.23. The SMILES string of the molecule is CNC(C)c1ccc(OCCOC(C)C)cc1Br. The molecule has 0 saturated carbocycles. The Bertz CT molecular complexity index is 369. The Hall–Kier alpha value is -0.580. The van der Waals surface area contributed by atoms with E-state index < -0.39 is 0 Å². The Morgan fingerprint density at radius 1 is 1.22 bits per heavy atom. The molecule has 1 rings (SSSR count). The molecule has 0 bridgehead atoms. The molecule has 1 unspecified atom stereocenters. The molecule has 0 aliphatic rings. The molecule has 0 aliphatic heterocycles. The van der Waals surface area contributed by atoms with Crippen LogP contribution in [0.25, 0.3) is 0 Å². The number of halogens is 1. The number of benzene rings is 1. The standard InChI is InChI=1S/C14H22BrNO2/c1-10(2)17-7-8-18-12-5-6-13(11(3)16-4)14(15)9-12/h5-6,9-11,16H,7-8H2,1-4H3. The van der Waals surface area contributed by atoms with Crippen LogP contribution in [0, 0.1) is 0 Å². The number of rotatable bonds is 7. The lowest BCUT2D eigenvalue weighted by molar-refractivity contribution is 0.0552. The molecule has 0 radical (unpaired) electrons. The Kier molecular flexibility index (Phi) is 6.68. The lowest BCUT2D eigenvalue weighted by Gasteiger charge is -2.14. The molecule has 1 N–H and O–H groups in total. The average Bonchev–Trinajstić information content (AvgIpc) is 2.33. The molecule has 1 atom stereocenters. The van der Waals surface area contributed by atoms with Gasteiger partial charge in [-0.25, -0.2) is 0 Å². The highest BCUT2D eigenvalue weighted by Crippen LogP contribution is 2.27. The van der Waals surface area contributed by atoms with Crippen molar-refractivity contribution in [3.8, 4) is 5.75 Å². The number of hydrogen-bond acceptors (Lipinski definition) is 3. The first-order valence-corrected chi connectivity index (χ1v) is 7.05. The fourth-order valence-corrected chi connectivity index (χ4v) is 2.25. The van der Waals surface area contributed by atoms with Crippen LogP contribution in [0.4, 0.5) is 0 Å². The van der Waals surface area contributed by atoms with Gasteiger partial charge in [-0.05, 0) is 45.5 Å². The maximum atomic E-state index is 5.63. The van der Waals surface area contributed by atoms with Crippen molar-refractivity contribution in [1.82, 2.24) is 5.32 Å². The summed E-state index contributed by atoms with van der Waals surface area (Å²) in [4.78, 5) is 0. The molecule has 0 heterocycles. The molecule has 102 valence electrons. The van der Waals surface area contributed by atoms with Crippen LogP contribution >= 0.6 is 15.9 Å². The maximum Gasteiger partial charge on any atom is 0.120 e. The molecule has 0 fully saturated rings. The first-order valence-electron chi connectivity index (χ1n) is 6.25. The Balaban J connectivity index is 2.51. The van der Waals surface area contributed by atoms with Gasteiger partial charge >= 0.3 is 0 Å². The van der Waals surface area contributed by atoms with Crippen LogP contribution in [-0.2, 0) is 4.74 Å². The minimum atomic E-state index is 0.249. The van der Waals surface area contributed by atoms with E-state index in [1.54, 1.807) is 0 Å². The highest BCUT2D eigenvalue weighted by atomic mass is 79.9. The summed E-state index contributed by atoms with van der Waals surface area (Å²) in [6.07, 6.45) is 0.249. The van der Waals surface area contributed by atoms with Crippen molar-refractivity contribution >= 4 is 15.9 Å². The molecule has 0 aliphatic carbocycles. The van der Waals surface area contributed by atoms with Crippen LogP contribution < -0.4 is 10.1 Å². The van der Waals surface area contributed by atoms with E-state index in [1.165, 1.54) is 5.56 Å². The van der Waals surface area contributed by atoms with Crippen molar-refractivity contribution in [2.24, 2.45) is 0 Å². The predicted octanol–water partition coefficient (Wildman–Crippen LogP) is 3.53. The van der Waals surface area contributed by atoms with Crippen LogP contribution in [0.5, 0.6) is 5.75 Å². The van der Waals surface area contributed by atoms with Crippen molar-refractivity contribution in [3.63, 3.8) is 0 Å². The Morgan fingerprint density at radius 3 is 2.50 bits per heavy atom. The molecular weight excluding hydrogens is 294 g/mol. The highest BCUT2D eigenvalue weighted by Gasteiger charge is 2.08. The van der Waals surface area contributed by atoms with E-state index in [0.29, 0.717) is 19.3 Å². The van der Waals surface area contributed by atoms with Gasteiger partial charge in [-0.1, -0.05) is 22.0 Å². The van der Waals surface area contributed by atoms with Gasteiger partial charge in [-0.15, -0.1) is 0 Å². The summed E-state index contributed by atoms with van der Waals surface area (Å²) in [5.74, 6) is 0.862. The summed E-state index contributed by atoms with van der Waals surface area (Å²) in [7, 11) is 1.95. The van der Waals surface area contributed by atoms with Gasteiger partial charge in [-0.2, -0.15) is 0 Å². The Labute approximate surface area is 118 Å². The lowest BCUT2D eigenvalue weighted by Crippen LogP contribution is -2.13. The molecular formula is C14H22BrNO2. The molecule has 0 saturated heterocycles. The van der Waals surface area contributed by atoms with Gasteiger partial charge in [0.2, 0.25) is 0 Å². The fourth-order valence-electron chi connectivity index (χ4n) is 1.55. The predicted molar refractivity (Wildman–Crippen MR) is 78.2 cm³/mol. The summed E-state index contributed by atoms with van der Waals surface area (Å²) in [5, 5.41) is 3.22. The van der Waals surface area contributed by atoms with Crippen molar-refractivity contribution in [1.29, 1.82) is 0 Å². The van der Waals surface area contributed by atoms with Crippen molar-refractivity contribution in [2.75, 3.05) is 20.3 Å². The van der Waals surface area contributed by atoms with Gasteiger partial charge < -0.3 is 14.8 Å². The second-order valence-corrected chi connectivity index (χ2v) is 5.32. The second kappa shape index (κ2) is 7.77. The topological polar surface area (TPSA) is 30.5 Å². The van der Waals surface area contributed by atoms with Crippen molar-refractivity contribution in [3.05, 3.63) is 28.2 Å². The fraction of sp³-hybridized carbons (Fsp3) is 0.571. The summed E-state index contributed by atoms with van der Waals surface area (Å²) >= 11 is 3.57. The third-order valence-electron chi connectivity index (χ3n) is 2.67. The third-order valence-corrected chi connectivity index (χ3v) is 3.36. The molecule has 3 nitrogen and oxygen atoms in total. The lowest BCUT2D eigenvalue weighted by atomic mass is 10.1. The van der Waals surface area contributed by atoms with Gasteiger partial charge in [0, 0.05) is 10.5 Å². The van der Waals surface area contributed by atoms with Crippen LogP contribution in [0.1, 0.15) is 32.4 Å². The monoisotopic (exact) mass is 315 g/mol. The number of ether oxygens (including phenoxy) is 2. The normalized spacial score (nSPS) is 12.8. The van der Waals surface area contributed by atoms with E-state index >= 15 is 0 Å². The maximum absolute atomic E-state index is 5.63. The van der Waals surface area contributed by atoms with Gasteiger partial charge in [0.15, 0.2) is 0 Å². The molecule has 0 spiro atoms. The van der Waals surface area contributed by atoms with E-state index in [-0.39, 0.29) is 6.10 Å². The average molecular weight is 316 g/mol. The van der Waals surface area contributed by atoms with Crippen molar-refractivity contribution in [2.45, 2.75) is 32.9 Å².